The number of hydrogen-bond acceptors (Lipinski definition) is 3. The van der Waals surface area contributed by atoms with E-state index in [1.807, 2.05) is 0 Å². The second kappa shape index (κ2) is 10.1. The number of hydrogen-bond donors (Lipinski definition) is 3. The van der Waals surface area contributed by atoms with Gasteiger partial charge in [-0.05, 0) is 0 Å². The Morgan fingerprint density at radius 3 is 1.00 bits per heavy atom. The summed E-state index contributed by atoms with van der Waals surface area (Å²) in [5, 5.41) is 21.5. The summed E-state index contributed by atoms with van der Waals surface area (Å²) in [6.45, 7) is 0. The molecule has 6 heteroatoms. The summed E-state index contributed by atoms with van der Waals surface area (Å²) in [6.07, 6.45) is 0. The minimum absolute atomic E-state index is 0. The summed E-state index contributed by atoms with van der Waals surface area (Å²) in [4.78, 5) is 0. The van der Waals surface area contributed by atoms with E-state index in [2.05, 4.69) is 0 Å². The molecular weight excluding hydrogens is 221 g/mol. The van der Waals surface area contributed by atoms with Crippen molar-refractivity contribution >= 4 is 69.5 Å². The topological polar surface area (TPSA) is 60.7 Å². The first-order valence-corrected chi connectivity index (χ1v) is 0.775. The maximum Gasteiger partial charge on any atom is 0 e. The zero-order valence-corrected chi connectivity index (χ0v) is 4.92. The molecule has 3 radical (unpaired) electrons. The van der Waals surface area contributed by atoms with E-state index >= 15 is 0 Å². The van der Waals surface area contributed by atoms with Crippen molar-refractivity contribution in [3.63, 3.8) is 0 Å². The second-order valence-electron chi connectivity index (χ2n) is 0.346. The average molecular weight is 226 g/mol. The third-order valence-corrected chi connectivity index (χ3v) is 0. The van der Waals surface area contributed by atoms with Gasteiger partial charge in [-0.15, -0.1) is 0 Å². The van der Waals surface area contributed by atoms with Crippen molar-refractivity contribution in [1.82, 2.24) is 0 Å². The molecule has 0 aliphatic heterocycles. The van der Waals surface area contributed by atoms with Gasteiger partial charge in [-0.25, -0.2) is 0 Å². The van der Waals surface area contributed by atoms with Crippen LogP contribution in [0, 0.1) is 0 Å². The van der Waals surface area contributed by atoms with E-state index in [4.69, 9.17) is 15.1 Å². The Labute approximate surface area is 83.4 Å². The Kier molecular flexibility index (Phi) is 26.4. The molecule has 0 fully saturated rings. The molecule has 3 N–H and O–H groups in total. The molecule has 0 aliphatic rings. The van der Waals surface area contributed by atoms with Crippen LogP contribution in [0.1, 0.15) is 0 Å². The van der Waals surface area contributed by atoms with Gasteiger partial charge in [0.05, 0.1) is 0 Å². The SMILES string of the molecule is OB(O)O.[CaH2].[Sb]. The monoisotopic (exact) mass is 225 g/mol. The fraction of sp³-hybridized carbons (Fsp3) is 0. The van der Waals surface area contributed by atoms with Crippen LogP contribution in [0.25, 0.3) is 0 Å². The molecule has 0 aromatic heterocycles. The quantitative estimate of drug-likeness (QED) is 0.378. The molecule has 6 heavy (non-hydrogen) atoms. The molecule has 0 amide bonds. The van der Waals surface area contributed by atoms with Gasteiger partial charge in [0.2, 0.25) is 0 Å². The minimum atomic E-state index is -2.17. The van der Waals surface area contributed by atoms with E-state index in [-0.39, 0.29) is 62.2 Å². The standard InChI is InChI=1S/BH3O3.Ca.Sb.2H/c2-1(3)4;;;;/h2-4H;;;;. The summed E-state index contributed by atoms with van der Waals surface area (Å²) < 4.78 is 0. The van der Waals surface area contributed by atoms with Gasteiger partial charge in [0.15, 0.2) is 0 Å². The Balaban J connectivity index is -0.0000000450. The fourth-order valence-corrected chi connectivity index (χ4v) is 0. The average Bonchev–Trinajstić information content (AvgIpc) is 0.811. The summed E-state index contributed by atoms with van der Waals surface area (Å²) in [7, 11) is -2.17. The molecule has 0 spiro atoms. The predicted molar refractivity (Wildman–Crippen MR) is 26.7 cm³/mol. The molecule has 0 bridgehead atoms. The molecule has 0 rings (SSSR count). The van der Waals surface area contributed by atoms with E-state index < -0.39 is 7.32 Å². The van der Waals surface area contributed by atoms with Crippen LogP contribution in [0.3, 0.4) is 0 Å². The van der Waals surface area contributed by atoms with Crippen LogP contribution in [0.5, 0.6) is 0 Å². The summed E-state index contributed by atoms with van der Waals surface area (Å²) in [6, 6.07) is 0. The molecule has 0 saturated heterocycles. The van der Waals surface area contributed by atoms with Crippen LogP contribution in [0.2, 0.25) is 0 Å². The van der Waals surface area contributed by atoms with E-state index in [1.165, 1.54) is 0 Å². The Hall–Kier alpha value is 2.02. The Morgan fingerprint density at radius 2 is 1.00 bits per heavy atom. The molecule has 0 aromatic rings. The molecule has 0 aromatic carbocycles. The van der Waals surface area contributed by atoms with Gasteiger partial charge in [-0.1, -0.05) is 0 Å². The molecule has 0 aliphatic carbocycles. The van der Waals surface area contributed by atoms with E-state index in [1.54, 1.807) is 0 Å². The van der Waals surface area contributed by atoms with Crippen molar-refractivity contribution in [3.8, 4) is 0 Å². The van der Waals surface area contributed by atoms with Crippen LogP contribution in [-0.4, -0.2) is 84.6 Å². The predicted octanol–water partition coefficient (Wildman–Crippen LogP) is -3.35. The normalized spacial score (nSPS) is 4.50. The smallest absolute Gasteiger partial charge is 0 e. The van der Waals surface area contributed by atoms with Crippen LogP contribution >= 0.6 is 0 Å². The van der Waals surface area contributed by atoms with E-state index in [9.17, 15) is 0 Å². The van der Waals surface area contributed by atoms with Gasteiger partial charge < -0.3 is 15.1 Å². The van der Waals surface area contributed by atoms with E-state index in [0.29, 0.717) is 0 Å². The second-order valence-corrected chi connectivity index (χ2v) is 0.346. The Bertz CT molecular complexity index is 15.5. The van der Waals surface area contributed by atoms with Gasteiger partial charge in [-0.2, -0.15) is 0 Å². The molecule has 0 unspecified atom stereocenters. The van der Waals surface area contributed by atoms with Crippen molar-refractivity contribution < 1.29 is 15.1 Å². The molecule has 0 atom stereocenters. The summed E-state index contributed by atoms with van der Waals surface area (Å²) in [5.74, 6) is 0. The van der Waals surface area contributed by atoms with Crippen LogP contribution in [0.4, 0.5) is 0 Å². The minimum Gasteiger partial charge on any atom is 0 e. The van der Waals surface area contributed by atoms with Gasteiger partial charge in [-0.3, -0.25) is 0 Å². The fourth-order valence-electron chi connectivity index (χ4n) is 0. The molecular formula is H5BCaO3Sb. The molecule has 0 saturated carbocycles. The van der Waals surface area contributed by atoms with E-state index in [0.717, 1.165) is 0 Å². The van der Waals surface area contributed by atoms with Crippen molar-refractivity contribution in [1.29, 1.82) is 0 Å². The summed E-state index contributed by atoms with van der Waals surface area (Å²) >= 11 is 0. The summed E-state index contributed by atoms with van der Waals surface area (Å²) in [5.41, 5.74) is 0. The third kappa shape index (κ3) is 37.1. The van der Waals surface area contributed by atoms with Gasteiger partial charge in [0.25, 0.3) is 0 Å². The van der Waals surface area contributed by atoms with Gasteiger partial charge in [0, 0.05) is 24.4 Å². The van der Waals surface area contributed by atoms with Crippen LogP contribution < -0.4 is 0 Å². The van der Waals surface area contributed by atoms with Gasteiger partial charge >= 0.3 is 45.1 Å². The first kappa shape index (κ1) is 15.7. The molecule has 3 nitrogen and oxygen atoms in total. The zero-order chi connectivity index (χ0) is 3.58. The van der Waals surface area contributed by atoms with Crippen molar-refractivity contribution in [2.75, 3.05) is 0 Å². The largest absolute Gasteiger partial charge is 0 e. The first-order chi connectivity index (χ1) is 1.73. The molecule has 0 heterocycles. The van der Waals surface area contributed by atoms with Crippen LogP contribution in [-0.2, 0) is 0 Å². The van der Waals surface area contributed by atoms with Crippen molar-refractivity contribution in [3.05, 3.63) is 0 Å². The molecule has 33 valence electrons. The van der Waals surface area contributed by atoms with Gasteiger partial charge in [0.1, 0.15) is 0 Å². The van der Waals surface area contributed by atoms with Crippen molar-refractivity contribution in [2.45, 2.75) is 0 Å². The van der Waals surface area contributed by atoms with Crippen LogP contribution in [0.15, 0.2) is 0 Å². The van der Waals surface area contributed by atoms with Crippen molar-refractivity contribution in [2.24, 2.45) is 0 Å². The maximum absolute atomic E-state index is 7.17. The number of rotatable bonds is 0. The Morgan fingerprint density at radius 1 is 1.00 bits per heavy atom. The first-order valence-electron chi connectivity index (χ1n) is 0.775. The zero-order valence-electron chi connectivity index (χ0n) is 2.37. The maximum atomic E-state index is 7.17. The third-order valence-electron chi connectivity index (χ3n) is 0.